The number of hydrazine groups is 2. The van der Waals surface area contributed by atoms with Crippen molar-refractivity contribution in [1.29, 1.82) is 0 Å². The number of nitrogen functional groups attached to an aromatic ring is 1. The van der Waals surface area contributed by atoms with Crippen LogP contribution in [0, 0.1) is 23.3 Å². The SMILES string of the molecule is CNNNC(=Nc1cccc(F)c1F)c1cc(-c2cc(F)cc(F)c2)cnc1N. The zero-order valence-electron chi connectivity index (χ0n) is 15.1. The molecule has 0 aliphatic heterocycles. The fourth-order valence-corrected chi connectivity index (χ4v) is 2.52. The number of nitrogens with zero attached hydrogens (tertiary/aromatic N) is 2. The molecule has 1 aromatic heterocycles. The molecule has 0 bridgehead atoms. The van der Waals surface area contributed by atoms with Crippen LogP contribution in [0.15, 0.2) is 53.7 Å². The zero-order valence-corrected chi connectivity index (χ0v) is 15.1. The highest BCUT2D eigenvalue weighted by Gasteiger charge is 2.15. The van der Waals surface area contributed by atoms with Crippen molar-refractivity contribution < 1.29 is 17.6 Å². The zero-order chi connectivity index (χ0) is 21.0. The molecule has 0 spiro atoms. The fourth-order valence-electron chi connectivity index (χ4n) is 2.52. The first-order chi connectivity index (χ1) is 13.9. The van der Waals surface area contributed by atoms with Crippen LogP contribution in [-0.2, 0) is 0 Å². The van der Waals surface area contributed by atoms with E-state index in [2.05, 4.69) is 26.4 Å². The lowest BCUT2D eigenvalue weighted by atomic mass is 10.0. The fraction of sp³-hybridized carbons (Fsp3) is 0.0526. The van der Waals surface area contributed by atoms with Crippen molar-refractivity contribution in [3.05, 3.63) is 77.5 Å². The van der Waals surface area contributed by atoms with Crippen molar-refractivity contribution in [2.45, 2.75) is 0 Å². The summed E-state index contributed by atoms with van der Waals surface area (Å²) in [7, 11) is 1.56. The van der Waals surface area contributed by atoms with Gasteiger partial charge in [0.25, 0.3) is 0 Å². The predicted octanol–water partition coefficient (Wildman–Crippen LogP) is 3.19. The van der Waals surface area contributed by atoms with E-state index in [9.17, 15) is 17.6 Å². The van der Waals surface area contributed by atoms with Gasteiger partial charge < -0.3 is 5.73 Å². The number of benzene rings is 2. The second-order valence-electron chi connectivity index (χ2n) is 5.85. The van der Waals surface area contributed by atoms with Gasteiger partial charge >= 0.3 is 0 Å². The molecule has 1 heterocycles. The summed E-state index contributed by atoms with van der Waals surface area (Å²) in [5, 5.41) is 0. The first kappa shape index (κ1) is 20.2. The van der Waals surface area contributed by atoms with E-state index in [-0.39, 0.29) is 28.5 Å². The number of pyridine rings is 1. The molecule has 2 aromatic carbocycles. The van der Waals surface area contributed by atoms with E-state index >= 15 is 0 Å². The van der Waals surface area contributed by atoms with Crippen molar-refractivity contribution in [3.8, 4) is 11.1 Å². The Kier molecular flexibility index (Phi) is 6.05. The van der Waals surface area contributed by atoms with Crippen LogP contribution in [0.25, 0.3) is 11.1 Å². The van der Waals surface area contributed by atoms with E-state index in [1.54, 1.807) is 7.05 Å². The summed E-state index contributed by atoms with van der Waals surface area (Å²) in [5.74, 6) is -3.74. The second kappa shape index (κ2) is 8.67. The number of halogens is 4. The summed E-state index contributed by atoms with van der Waals surface area (Å²) in [6.45, 7) is 0. The van der Waals surface area contributed by atoms with Gasteiger partial charge in [0.1, 0.15) is 23.1 Å². The van der Waals surface area contributed by atoms with Gasteiger partial charge in [-0.1, -0.05) is 6.07 Å². The Morgan fingerprint density at radius 3 is 2.41 bits per heavy atom. The number of anilines is 1. The van der Waals surface area contributed by atoms with E-state index in [4.69, 9.17) is 5.73 Å². The quantitative estimate of drug-likeness (QED) is 0.227. The summed E-state index contributed by atoms with van der Waals surface area (Å²) in [6, 6.07) is 8.00. The number of nitrogens with two attached hydrogens (primary N) is 1. The van der Waals surface area contributed by atoms with Gasteiger partial charge in [0, 0.05) is 24.9 Å². The van der Waals surface area contributed by atoms with Crippen LogP contribution in [-0.4, -0.2) is 17.9 Å². The highest BCUT2D eigenvalue weighted by Crippen LogP contribution is 2.26. The molecular formula is C19H16F4N6. The highest BCUT2D eigenvalue weighted by molar-refractivity contribution is 6.04. The predicted molar refractivity (Wildman–Crippen MR) is 102 cm³/mol. The van der Waals surface area contributed by atoms with Crippen LogP contribution >= 0.6 is 0 Å². The Labute approximate surface area is 163 Å². The van der Waals surface area contributed by atoms with Gasteiger partial charge in [0.2, 0.25) is 0 Å². The van der Waals surface area contributed by atoms with Gasteiger partial charge in [-0.3, -0.25) is 5.43 Å². The standard InChI is InChI=1S/C19H16F4N6/c1-25-29-28-19(27-16-4-2-3-15(22)17(16)23)14-7-11(9-26-18(14)24)10-5-12(20)8-13(21)6-10/h2-9,25,29H,1H3,(H2,24,26)(H,27,28). The minimum absolute atomic E-state index is 0.00610. The average molecular weight is 404 g/mol. The average Bonchev–Trinajstić information content (AvgIpc) is 2.68. The number of hydrogen-bond acceptors (Lipinski definition) is 5. The number of hydrogen-bond donors (Lipinski definition) is 4. The summed E-state index contributed by atoms with van der Waals surface area (Å²) < 4.78 is 54.7. The highest BCUT2D eigenvalue weighted by atomic mass is 19.2. The van der Waals surface area contributed by atoms with E-state index in [0.29, 0.717) is 5.56 Å². The first-order valence-corrected chi connectivity index (χ1v) is 8.32. The third-order valence-electron chi connectivity index (χ3n) is 3.84. The Bertz CT molecular complexity index is 1050. The monoisotopic (exact) mass is 404 g/mol. The first-order valence-electron chi connectivity index (χ1n) is 8.32. The Hall–Kier alpha value is -3.50. The third kappa shape index (κ3) is 4.68. The molecule has 5 N–H and O–H groups in total. The molecule has 0 amide bonds. The van der Waals surface area contributed by atoms with Crippen molar-refractivity contribution >= 4 is 17.3 Å². The maximum absolute atomic E-state index is 14.1. The molecule has 0 aliphatic rings. The summed E-state index contributed by atoms with van der Waals surface area (Å²) >= 11 is 0. The molecular weight excluding hydrogens is 388 g/mol. The normalized spacial score (nSPS) is 11.6. The second-order valence-corrected chi connectivity index (χ2v) is 5.85. The van der Waals surface area contributed by atoms with Crippen LogP contribution in [0.4, 0.5) is 29.1 Å². The van der Waals surface area contributed by atoms with Gasteiger partial charge in [-0.15, -0.1) is 0 Å². The molecule has 3 aromatic rings. The minimum Gasteiger partial charge on any atom is -0.383 e. The van der Waals surface area contributed by atoms with Crippen molar-refractivity contribution in [2.24, 2.45) is 4.99 Å². The van der Waals surface area contributed by atoms with E-state index < -0.39 is 23.3 Å². The number of aromatic nitrogens is 1. The number of amidine groups is 1. The van der Waals surface area contributed by atoms with Crippen LogP contribution in [0.1, 0.15) is 5.56 Å². The van der Waals surface area contributed by atoms with Crippen LogP contribution in [0.5, 0.6) is 0 Å². The van der Waals surface area contributed by atoms with E-state index in [0.717, 1.165) is 24.3 Å². The molecule has 0 saturated heterocycles. The van der Waals surface area contributed by atoms with Gasteiger partial charge in [-0.25, -0.2) is 33.0 Å². The minimum atomic E-state index is -1.15. The van der Waals surface area contributed by atoms with Gasteiger partial charge in [-0.05, 0) is 35.9 Å². The molecule has 0 radical (unpaired) electrons. The molecule has 6 nitrogen and oxygen atoms in total. The van der Waals surface area contributed by atoms with Crippen molar-refractivity contribution in [1.82, 2.24) is 21.4 Å². The van der Waals surface area contributed by atoms with Gasteiger partial charge in [0.15, 0.2) is 17.5 Å². The van der Waals surface area contributed by atoms with Crippen molar-refractivity contribution in [2.75, 3.05) is 12.8 Å². The molecule has 10 heteroatoms. The van der Waals surface area contributed by atoms with Gasteiger partial charge in [0.05, 0.1) is 5.56 Å². The molecule has 0 saturated carbocycles. The lowest BCUT2D eigenvalue weighted by molar-refractivity contribution is 0.510. The topological polar surface area (TPSA) is 87.4 Å². The van der Waals surface area contributed by atoms with Crippen LogP contribution in [0.3, 0.4) is 0 Å². The van der Waals surface area contributed by atoms with Crippen LogP contribution in [0.2, 0.25) is 0 Å². The number of aliphatic imine (C=N–C) groups is 1. The van der Waals surface area contributed by atoms with Gasteiger partial charge in [-0.2, -0.15) is 5.53 Å². The molecule has 3 rings (SSSR count). The largest absolute Gasteiger partial charge is 0.383 e. The summed E-state index contributed by atoms with van der Waals surface area (Å²) in [4.78, 5) is 8.10. The third-order valence-corrected chi connectivity index (χ3v) is 3.84. The summed E-state index contributed by atoms with van der Waals surface area (Å²) in [5.41, 5.74) is 14.2. The lowest BCUT2D eigenvalue weighted by Crippen LogP contribution is -2.45. The maximum Gasteiger partial charge on any atom is 0.184 e. The van der Waals surface area contributed by atoms with Crippen LogP contribution < -0.4 is 22.1 Å². The lowest BCUT2D eigenvalue weighted by Gasteiger charge is -2.14. The molecule has 0 aliphatic carbocycles. The summed E-state index contributed by atoms with van der Waals surface area (Å²) in [6.07, 6.45) is 1.33. The molecule has 0 fully saturated rings. The molecule has 29 heavy (non-hydrogen) atoms. The van der Waals surface area contributed by atoms with Crippen molar-refractivity contribution in [3.63, 3.8) is 0 Å². The number of rotatable bonds is 5. The smallest absolute Gasteiger partial charge is 0.184 e. The Morgan fingerprint density at radius 1 is 1.00 bits per heavy atom. The molecule has 0 unspecified atom stereocenters. The molecule has 0 atom stereocenters. The Balaban J connectivity index is 2.12. The molecule has 150 valence electrons. The Morgan fingerprint density at radius 2 is 1.72 bits per heavy atom. The van der Waals surface area contributed by atoms with E-state index in [1.165, 1.54) is 24.4 Å². The maximum atomic E-state index is 14.1. The van der Waals surface area contributed by atoms with E-state index in [1.807, 2.05) is 0 Å². The number of nitrogens with one attached hydrogen (secondary N) is 3.